The second-order valence-corrected chi connectivity index (χ2v) is 9.31. The predicted molar refractivity (Wildman–Crippen MR) is 99.1 cm³/mol. The lowest BCUT2D eigenvalue weighted by Crippen LogP contribution is -2.51. The molecule has 25 heavy (non-hydrogen) atoms. The van der Waals surface area contributed by atoms with Gasteiger partial charge in [-0.3, -0.25) is 0 Å². The number of nitrogens with zero attached hydrogens (tertiary/aromatic N) is 2. The maximum Gasteiger partial charge on any atom is 0.282 e. The van der Waals surface area contributed by atoms with Crippen molar-refractivity contribution in [1.82, 2.24) is 8.61 Å². The molecule has 1 atom stereocenters. The second-order valence-electron chi connectivity index (χ2n) is 7.43. The standard InChI is InChI=1S/C19H30N2O3S/c1-2-12-20(13-17-8-9-17)25(23,24)21(19(15-22)18-10-11-18)14-16-6-4-3-5-7-16/h3-7,17-19,22H,2,8-15H2,1H3/t19-/m1/s1. The fraction of sp³-hybridized carbons (Fsp3) is 0.684. The Morgan fingerprint density at radius 1 is 1.16 bits per heavy atom. The van der Waals surface area contributed by atoms with Crippen LogP contribution in [-0.2, 0) is 16.8 Å². The van der Waals surface area contributed by atoms with E-state index in [-0.39, 0.29) is 18.6 Å². The molecular formula is C19H30N2O3S. The highest BCUT2D eigenvalue weighted by Crippen LogP contribution is 2.38. The van der Waals surface area contributed by atoms with Crippen LogP contribution in [0.25, 0.3) is 0 Å². The Morgan fingerprint density at radius 2 is 1.84 bits per heavy atom. The van der Waals surface area contributed by atoms with Crippen molar-refractivity contribution in [1.29, 1.82) is 0 Å². The minimum absolute atomic E-state index is 0.111. The Balaban J connectivity index is 1.87. The lowest BCUT2D eigenvalue weighted by Gasteiger charge is -2.35. The lowest BCUT2D eigenvalue weighted by molar-refractivity contribution is 0.158. The van der Waals surface area contributed by atoms with E-state index in [1.165, 1.54) is 0 Å². The van der Waals surface area contributed by atoms with Crippen LogP contribution in [0.5, 0.6) is 0 Å². The molecule has 0 heterocycles. The molecule has 2 saturated carbocycles. The second kappa shape index (κ2) is 8.16. The molecule has 0 amide bonds. The van der Waals surface area contributed by atoms with Gasteiger partial charge in [-0.2, -0.15) is 17.0 Å². The molecule has 5 nitrogen and oxygen atoms in total. The van der Waals surface area contributed by atoms with Gasteiger partial charge in [0.1, 0.15) is 0 Å². The minimum Gasteiger partial charge on any atom is -0.395 e. The molecule has 0 aromatic heterocycles. The first-order chi connectivity index (χ1) is 12.1. The number of hydrogen-bond acceptors (Lipinski definition) is 3. The van der Waals surface area contributed by atoms with E-state index in [0.717, 1.165) is 37.7 Å². The van der Waals surface area contributed by atoms with Crippen LogP contribution in [0.1, 0.15) is 44.6 Å². The molecule has 3 rings (SSSR count). The Hall–Kier alpha value is -0.950. The van der Waals surface area contributed by atoms with E-state index in [2.05, 4.69) is 0 Å². The van der Waals surface area contributed by atoms with Gasteiger partial charge in [0.05, 0.1) is 12.6 Å². The molecule has 2 fully saturated rings. The average Bonchev–Trinajstić information content (AvgIpc) is 3.49. The van der Waals surface area contributed by atoms with Crippen LogP contribution in [0.3, 0.4) is 0 Å². The SMILES string of the molecule is CCCN(CC1CC1)S(=O)(=O)N(Cc1ccccc1)[C@H](CO)C1CC1. The summed E-state index contributed by atoms with van der Waals surface area (Å²) in [5.41, 5.74) is 0.966. The van der Waals surface area contributed by atoms with Gasteiger partial charge in [0, 0.05) is 19.6 Å². The van der Waals surface area contributed by atoms with Gasteiger partial charge in [-0.25, -0.2) is 0 Å². The van der Waals surface area contributed by atoms with Crippen molar-refractivity contribution in [2.45, 2.75) is 51.6 Å². The molecule has 1 aromatic carbocycles. The zero-order valence-corrected chi connectivity index (χ0v) is 15.9. The van der Waals surface area contributed by atoms with Gasteiger partial charge in [0.25, 0.3) is 10.2 Å². The summed E-state index contributed by atoms with van der Waals surface area (Å²) in [6.45, 7) is 3.40. The summed E-state index contributed by atoms with van der Waals surface area (Å²) in [5.74, 6) is 0.793. The fourth-order valence-corrected chi connectivity index (χ4v) is 5.38. The topological polar surface area (TPSA) is 60.9 Å². The van der Waals surface area contributed by atoms with Crippen LogP contribution >= 0.6 is 0 Å². The zero-order chi connectivity index (χ0) is 17.9. The summed E-state index contributed by atoms with van der Waals surface area (Å²) in [6, 6.07) is 9.38. The van der Waals surface area contributed by atoms with E-state index in [1.54, 1.807) is 8.61 Å². The van der Waals surface area contributed by atoms with Gasteiger partial charge in [0.15, 0.2) is 0 Å². The largest absolute Gasteiger partial charge is 0.395 e. The molecule has 6 heteroatoms. The van der Waals surface area contributed by atoms with Crippen LogP contribution in [0.4, 0.5) is 0 Å². The highest BCUT2D eigenvalue weighted by atomic mass is 32.2. The summed E-state index contributed by atoms with van der Waals surface area (Å²) in [6.07, 6.45) is 5.06. The number of rotatable bonds is 11. The molecule has 0 aliphatic heterocycles. The highest BCUT2D eigenvalue weighted by molar-refractivity contribution is 7.86. The Labute approximate surface area is 151 Å². The van der Waals surface area contributed by atoms with E-state index in [0.29, 0.717) is 25.6 Å². The third-order valence-electron chi connectivity index (χ3n) is 5.16. The van der Waals surface area contributed by atoms with Crippen LogP contribution in [-0.4, -0.2) is 47.9 Å². The van der Waals surface area contributed by atoms with Crippen molar-refractivity contribution in [3.8, 4) is 0 Å². The first kappa shape index (κ1) is 18.8. The molecule has 0 bridgehead atoms. The van der Waals surface area contributed by atoms with Crippen LogP contribution < -0.4 is 0 Å². The maximum atomic E-state index is 13.5. The monoisotopic (exact) mass is 366 g/mol. The van der Waals surface area contributed by atoms with Crippen LogP contribution in [0, 0.1) is 11.8 Å². The van der Waals surface area contributed by atoms with E-state index >= 15 is 0 Å². The molecular weight excluding hydrogens is 336 g/mol. The summed E-state index contributed by atoms with van der Waals surface area (Å²) in [4.78, 5) is 0. The number of aliphatic hydroxyl groups excluding tert-OH is 1. The Bertz CT molecular complexity index is 642. The number of aliphatic hydroxyl groups is 1. The summed E-state index contributed by atoms with van der Waals surface area (Å²) in [5, 5.41) is 9.93. The first-order valence-electron chi connectivity index (χ1n) is 9.48. The van der Waals surface area contributed by atoms with Crippen LogP contribution in [0.2, 0.25) is 0 Å². The molecule has 140 valence electrons. The highest BCUT2D eigenvalue weighted by Gasteiger charge is 2.43. The Kier molecular flexibility index (Phi) is 6.15. The minimum atomic E-state index is -3.59. The van der Waals surface area contributed by atoms with Gasteiger partial charge in [-0.1, -0.05) is 37.3 Å². The van der Waals surface area contributed by atoms with Gasteiger partial charge >= 0.3 is 0 Å². The average molecular weight is 367 g/mol. The van der Waals surface area contributed by atoms with E-state index in [4.69, 9.17) is 0 Å². The normalized spacial score (nSPS) is 19.5. The third-order valence-corrected chi connectivity index (χ3v) is 7.14. The molecule has 0 saturated heterocycles. The van der Waals surface area contributed by atoms with Crippen LogP contribution in [0.15, 0.2) is 30.3 Å². The van der Waals surface area contributed by atoms with E-state index < -0.39 is 10.2 Å². The van der Waals surface area contributed by atoms with E-state index in [9.17, 15) is 13.5 Å². The van der Waals surface area contributed by atoms with Crippen molar-refractivity contribution in [2.75, 3.05) is 19.7 Å². The molecule has 2 aliphatic rings. The van der Waals surface area contributed by atoms with Crippen molar-refractivity contribution in [3.05, 3.63) is 35.9 Å². The lowest BCUT2D eigenvalue weighted by atomic mass is 10.1. The third kappa shape index (κ3) is 4.82. The smallest absolute Gasteiger partial charge is 0.282 e. The predicted octanol–water partition coefficient (Wildman–Crippen LogP) is 2.63. The van der Waals surface area contributed by atoms with Gasteiger partial charge in [0.2, 0.25) is 0 Å². The van der Waals surface area contributed by atoms with Crippen molar-refractivity contribution in [2.24, 2.45) is 11.8 Å². The molecule has 1 N–H and O–H groups in total. The van der Waals surface area contributed by atoms with Crippen molar-refractivity contribution >= 4 is 10.2 Å². The number of benzene rings is 1. The zero-order valence-electron chi connectivity index (χ0n) is 15.0. The fourth-order valence-electron chi connectivity index (χ4n) is 3.38. The summed E-state index contributed by atoms with van der Waals surface area (Å²) >= 11 is 0. The van der Waals surface area contributed by atoms with Gasteiger partial charge < -0.3 is 5.11 Å². The molecule has 1 aromatic rings. The summed E-state index contributed by atoms with van der Waals surface area (Å²) in [7, 11) is -3.59. The molecule has 0 spiro atoms. The Morgan fingerprint density at radius 3 is 2.36 bits per heavy atom. The van der Waals surface area contributed by atoms with Crippen molar-refractivity contribution < 1.29 is 13.5 Å². The summed E-state index contributed by atoms with van der Waals surface area (Å²) < 4.78 is 30.1. The van der Waals surface area contributed by atoms with Gasteiger partial charge in [-0.15, -0.1) is 0 Å². The molecule has 0 radical (unpaired) electrons. The molecule has 0 unspecified atom stereocenters. The van der Waals surface area contributed by atoms with E-state index in [1.807, 2.05) is 37.3 Å². The van der Waals surface area contributed by atoms with Crippen molar-refractivity contribution in [3.63, 3.8) is 0 Å². The number of hydrogen-bond donors (Lipinski definition) is 1. The molecule has 2 aliphatic carbocycles. The maximum absolute atomic E-state index is 13.5. The quantitative estimate of drug-likeness (QED) is 0.655. The van der Waals surface area contributed by atoms with Gasteiger partial charge in [-0.05, 0) is 49.5 Å². The first-order valence-corrected chi connectivity index (χ1v) is 10.9.